The van der Waals surface area contributed by atoms with Crippen molar-refractivity contribution in [1.29, 1.82) is 0 Å². The Kier molecular flexibility index (Phi) is 5.57. The van der Waals surface area contributed by atoms with Gasteiger partial charge in [0, 0.05) is 6.20 Å². The fraction of sp³-hybridized carbons (Fsp3) is 0.556. The molecule has 0 fully saturated rings. The average Bonchev–Trinajstić information content (AvgIpc) is 1.97. The SMILES string of the molecule is CC=CCC=CN([NH3+])C(C)C. The van der Waals surface area contributed by atoms with Crippen molar-refractivity contribution in [1.82, 2.24) is 5.01 Å². The standard InChI is InChI=1S/C9H18N2/c1-4-5-6-7-8-11(10)9(2)3/h4-5,7-9H,6,10H2,1-3H3/p+1. The minimum Gasteiger partial charge on any atom is -0.256 e. The van der Waals surface area contributed by atoms with E-state index in [1.165, 1.54) is 0 Å². The summed E-state index contributed by atoms with van der Waals surface area (Å²) >= 11 is 0. The van der Waals surface area contributed by atoms with E-state index in [1.807, 2.05) is 24.2 Å². The van der Waals surface area contributed by atoms with E-state index in [4.69, 9.17) is 0 Å². The fourth-order valence-corrected chi connectivity index (χ4v) is 0.583. The second kappa shape index (κ2) is 5.98. The van der Waals surface area contributed by atoms with E-state index in [0.29, 0.717) is 6.04 Å². The van der Waals surface area contributed by atoms with Crippen LogP contribution in [0.3, 0.4) is 0 Å². The Bertz CT molecular complexity index is 136. The molecule has 0 radical (unpaired) electrons. The summed E-state index contributed by atoms with van der Waals surface area (Å²) in [6.07, 6.45) is 9.28. The molecule has 0 saturated carbocycles. The lowest BCUT2D eigenvalue weighted by atomic mass is 10.3. The molecule has 3 N–H and O–H groups in total. The predicted octanol–water partition coefficient (Wildman–Crippen LogP) is 1.33. The minimum absolute atomic E-state index is 0.483. The van der Waals surface area contributed by atoms with Crippen molar-refractivity contribution in [2.75, 3.05) is 0 Å². The van der Waals surface area contributed by atoms with E-state index >= 15 is 0 Å². The lowest BCUT2D eigenvalue weighted by Gasteiger charge is -2.12. The van der Waals surface area contributed by atoms with Gasteiger partial charge < -0.3 is 0 Å². The van der Waals surface area contributed by atoms with E-state index in [2.05, 4.69) is 31.8 Å². The highest BCUT2D eigenvalue weighted by molar-refractivity contribution is 4.89. The van der Waals surface area contributed by atoms with E-state index in [9.17, 15) is 0 Å². The van der Waals surface area contributed by atoms with Crippen LogP contribution in [0.25, 0.3) is 0 Å². The molecule has 0 saturated heterocycles. The zero-order valence-electron chi connectivity index (χ0n) is 7.75. The van der Waals surface area contributed by atoms with Crippen LogP contribution in [0.15, 0.2) is 24.4 Å². The summed E-state index contributed by atoms with van der Waals surface area (Å²) in [5, 5.41) is 1.95. The molecule has 64 valence electrons. The van der Waals surface area contributed by atoms with Crippen LogP contribution in [-0.4, -0.2) is 11.1 Å². The van der Waals surface area contributed by atoms with Crippen molar-refractivity contribution in [2.45, 2.75) is 33.2 Å². The van der Waals surface area contributed by atoms with Crippen molar-refractivity contribution in [3.05, 3.63) is 24.4 Å². The lowest BCUT2D eigenvalue weighted by Crippen LogP contribution is -2.67. The second-order valence-electron chi connectivity index (χ2n) is 2.80. The third-order valence-electron chi connectivity index (χ3n) is 1.47. The van der Waals surface area contributed by atoms with Crippen molar-refractivity contribution < 1.29 is 5.84 Å². The molecular formula is C9H19N2+. The molecule has 0 atom stereocenters. The van der Waals surface area contributed by atoms with Crippen molar-refractivity contribution in [3.8, 4) is 0 Å². The summed E-state index contributed by atoms with van der Waals surface area (Å²) < 4.78 is 0. The summed E-state index contributed by atoms with van der Waals surface area (Å²) in [4.78, 5) is 0. The number of nitrogens with zero attached hydrogens (tertiary/aromatic N) is 1. The summed E-state index contributed by atoms with van der Waals surface area (Å²) in [6.45, 7) is 6.26. The van der Waals surface area contributed by atoms with E-state index in [0.717, 1.165) is 6.42 Å². The quantitative estimate of drug-likeness (QED) is 0.482. The number of quaternary nitrogens is 1. The van der Waals surface area contributed by atoms with Gasteiger partial charge in [0.05, 0.1) is 6.04 Å². The van der Waals surface area contributed by atoms with Gasteiger partial charge in [-0.15, -0.1) is 0 Å². The zero-order valence-corrected chi connectivity index (χ0v) is 7.75. The molecule has 0 aliphatic carbocycles. The number of allylic oxidation sites excluding steroid dienone is 3. The summed E-state index contributed by atoms with van der Waals surface area (Å²) in [5.74, 6) is 3.86. The molecule has 2 nitrogen and oxygen atoms in total. The van der Waals surface area contributed by atoms with Crippen LogP contribution in [0.4, 0.5) is 0 Å². The van der Waals surface area contributed by atoms with Crippen LogP contribution in [0.2, 0.25) is 0 Å². The molecule has 0 aliphatic rings. The molecule has 0 unspecified atom stereocenters. The molecule has 2 heteroatoms. The molecule has 0 amide bonds. The van der Waals surface area contributed by atoms with Crippen molar-refractivity contribution in [2.24, 2.45) is 0 Å². The van der Waals surface area contributed by atoms with Crippen LogP contribution in [0, 0.1) is 0 Å². The van der Waals surface area contributed by atoms with Gasteiger partial charge in [-0.3, -0.25) is 5.84 Å². The van der Waals surface area contributed by atoms with Crippen LogP contribution in [0.5, 0.6) is 0 Å². The number of hydrogen-bond acceptors (Lipinski definition) is 1. The largest absolute Gasteiger partial charge is 0.256 e. The van der Waals surface area contributed by atoms with Gasteiger partial charge in [-0.05, 0) is 27.2 Å². The summed E-state index contributed by atoms with van der Waals surface area (Å²) in [5.41, 5.74) is 0. The second-order valence-corrected chi connectivity index (χ2v) is 2.80. The molecule has 0 aliphatic heterocycles. The molecule has 0 aromatic heterocycles. The first-order valence-corrected chi connectivity index (χ1v) is 4.05. The number of hydrogen-bond donors (Lipinski definition) is 1. The van der Waals surface area contributed by atoms with E-state index in [-0.39, 0.29) is 0 Å². The Labute approximate surface area is 69.3 Å². The molecule has 0 heterocycles. The van der Waals surface area contributed by atoms with Gasteiger partial charge in [-0.2, -0.15) is 0 Å². The van der Waals surface area contributed by atoms with Gasteiger partial charge in [0.1, 0.15) is 0 Å². The van der Waals surface area contributed by atoms with Gasteiger partial charge in [0.15, 0.2) is 0 Å². The monoisotopic (exact) mass is 155 g/mol. The number of rotatable bonds is 4. The molecular weight excluding hydrogens is 136 g/mol. The van der Waals surface area contributed by atoms with E-state index in [1.54, 1.807) is 0 Å². The minimum atomic E-state index is 0.483. The Balaban J connectivity index is 3.56. The fourth-order valence-electron chi connectivity index (χ4n) is 0.583. The maximum atomic E-state index is 3.86. The van der Waals surface area contributed by atoms with Crippen LogP contribution < -0.4 is 5.84 Å². The Hall–Kier alpha value is -0.760. The predicted molar refractivity (Wildman–Crippen MR) is 48.4 cm³/mol. The summed E-state index contributed by atoms with van der Waals surface area (Å²) in [7, 11) is 0. The van der Waals surface area contributed by atoms with Crippen LogP contribution in [-0.2, 0) is 0 Å². The van der Waals surface area contributed by atoms with Gasteiger partial charge in [0.2, 0.25) is 0 Å². The van der Waals surface area contributed by atoms with Gasteiger partial charge in [-0.25, -0.2) is 5.01 Å². The molecule has 0 bridgehead atoms. The third kappa shape index (κ3) is 5.67. The molecule has 0 aromatic carbocycles. The first-order valence-electron chi connectivity index (χ1n) is 4.05. The topological polar surface area (TPSA) is 30.9 Å². The van der Waals surface area contributed by atoms with Gasteiger partial charge >= 0.3 is 0 Å². The van der Waals surface area contributed by atoms with Gasteiger partial charge in [0.25, 0.3) is 0 Å². The smallest absolute Gasteiger partial charge is 0.0724 e. The first kappa shape index (κ1) is 10.2. The maximum Gasteiger partial charge on any atom is 0.0724 e. The Morgan fingerprint density at radius 1 is 1.36 bits per heavy atom. The molecule has 0 spiro atoms. The van der Waals surface area contributed by atoms with Crippen LogP contribution >= 0.6 is 0 Å². The average molecular weight is 155 g/mol. The molecule has 0 aromatic rings. The maximum absolute atomic E-state index is 3.86. The Morgan fingerprint density at radius 3 is 2.45 bits per heavy atom. The third-order valence-corrected chi connectivity index (χ3v) is 1.47. The van der Waals surface area contributed by atoms with Crippen molar-refractivity contribution in [3.63, 3.8) is 0 Å². The molecule has 11 heavy (non-hydrogen) atoms. The Morgan fingerprint density at radius 2 is 2.00 bits per heavy atom. The highest BCUT2D eigenvalue weighted by Crippen LogP contribution is 1.91. The summed E-state index contributed by atoms with van der Waals surface area (Å²) in [6, 6.07) is 0.483. The van der Waals surface area contributed by atoms with E-state index < -0.39 is 0 Å². The van der Waals surface area contributed by atoms with Crippen LogP contribution in [0.1, 0.15) is 27.2 Å². The normalized spacial score (nSPS) is 12.1. The van der Waals surface area contributed by atoms with Gasteiger partial charge in [-0.1, -0.05) is 18.2 Å². The zero-order chi connectivity index (χ0) is 8.69. The highest BCUT2D eigenvalue weighted by atomic mass is 15.4. The molecule has 0 rings (SSSR count). The first-order chi connectivity index (χ1) is 5.18. The lowest BCUT2D eigenvalue weighted by molar-refractivity contribution is -0.564. The highest BCUT2D eigenvalue weighted by Gasteiger charge is 1.97. The van der Waals surface area contributed by atoms with Crippen molar-refractivity contribution >= 4 is 0 Å².